The topological polar surface area (TPSA) is 20.2 Å². The lowest BCUT2D eigenvalue weighted by atomic mass is 10.1. The van der Waals surface area contributed by atoms with Gasteiger partial charge in [0, 0.05) is 0 Å². The lowest BCUT2D eigenvalue weighted by molar-refractivity contribution is 0.471. The summed E-state index contributed by atoms with van der Waals surface area (Å²) in [7, 11) is 0. The first kappa shape index (κ1) is 16.2. The number of hydrogen-bond donors (Lipinski definition) is 1. The number of phenols is 1. The number of aryl methyl sites for hydroxylation is 1. The minimum Gasteiger partial charge on any atom is -0.508 e. The zero-order chi connectivity index (χ0) is 13.8. The van der Waals surface area contributed by atoms with E-state index in [1.54, 1.807) is 6.07 Å². The largest absolute Gasteiger partial charge is 0.508 e. The molecule has 0 aliphatic heterocycles. The van der Waals surface area contributed by atoms with E-state index in [-0.39, 0.29) is 0 Å². The van der Waals surface area contributed by atoms with E-state index in [0.717, 1.165) is 12.0 Å². The van der Waals surface area contributed by atoms with Crippen LogP contribution in [0.4, 0.5) is 0 Å². The summed E-state index contributed by atoms with van der Waals surface area (Å²) >= 11 is 0. The Hall–Kier alpha value is -1.76. The number of benzene rings is 1. The Labute approximate surface area is 111 Å². The molecule has 1 aromatic rings. The van der Waals surface area contributed by atoms with Crippen molar-refractivity contribution in [3.63, 3.8) is 0 Å². The van der Waals surface area contributed by atoms with Gasteiger partial charge < -0.3 is 5.11 Å². The molecule has 0 atom stereocenters. The molecule has 0 amide bonds. The first-order valence-corrected chi connectivity index (χ1v) is 6.34. The van der Waals surface area contributed by atoms with Crippen LogP contribution in [0, 0.1) is 6.92 Å². The summed E-state index contributed by atoms with van der Waals surface area (Å²) < 4.78 is 0. The zero-order valence-electron chi connectivity index (χ0n) is 11.7. The molecule has 0 radical (unpaired) electrons. The molecule has 1 N–H and O–H groups in total. The first-order chi connectivity index (χ1) is 8.65. The van der Waals surface area contributed by atoms with Crippen molar-refractivity contribution in [3.05, 3.63) is 66.3 Å². The SMILES string of the molecule is C=C/C(=C\C=C/C)CCC.Cc1ccccc1O. The fourth-order valence-corrected chi connectivity index (χ4v) is 1.33. The molecule has 0 aliphatic carbocycles. The van der Waals surface area contributed by atoms with E-state index in [9.17, 15) is 0 Å². The van der Waals surface area contributed by atoms with Gasteiger partial charge in [-0.2, -0.15) is 0 Å². The summed E-state index contributed by atoms with van der Waals surface area (Å²) in [5.41, 5.74) is 2.24. The molecular formula is C17H24O. The number of aromatic hydroxyl groups is 1. The van der Waals surface area contributed by atoms with Crippen molar-refractivity contribution in [3.8, 4) is 5.75 Å². The van der Waals surface area contributed by atoms with E-state index in [1.807, 2.05) is 50.3 Å². The zero-order valence-corrected chi connectivity index (χ0v) is 11.7. The highest BCUT2D eigenvalue weighted by Gasteiger charge is 1.87. The fraction of sp³-hybridized carbons (Fsp3) is 0.294. The van der Waals surface area contributed by atoms with Gasteiger partial charge in [-0.15, -0.1) is 0 Å². The van der Waals surface area contributed by atoms with Gasteiger partial charge in [-0.1, -0.05) is 62.4 Å². The quantitative estimate of drug-likeness (QED) is 0.724. The molecule has 0 bridgehead atoms. The number of hydrogen-bond acceptors (Lipinski definition) is 1. The Kier molecular flexibility index (Phi) is 9.38. The highest BCUT2D eigenvalue weighted by Crippen LogP contribution is 2.12. The van der Waals surface area contributed by atoms with Gasteiger partial charge in [0.2, 0.25) is 0 Å². The highest BCUT2D eigenvalue weighted by molar-refractivity contribution is 5.29. The van der Waals surface area contributed by atoms with Gasteiger partial charge in [-0.3, -0.25) is 0 Å². The summed E-state index contributed by atoms with van der Waals surface area (Å²) in [6, 6.07) is 7.25. The van der Waals surface area contributed by atoms with Crippen LogP contribution in [-0.4, -0.2) is 5.11 Å². The number of allylic oxidation sites excluding steroid dienone is 5. The smallest absolute Gasteiger partial charge is 0.118 e. The molecule has 0 saturated heterocycles. The minimum absolute atomic E-state index is 0.368. The van der Waals surface area contributed by atoms with Crippen molar-refractivity contribution in [2.75, 3.05) is 0 Å². The third kappa shape index (κ3) is 7.50. The predicted octanol–water partition coefficient (Wildman–Crippen LogP) is 5.18. The van der Waals surface area contributed by atoms with Gasteiger partial charge in [0.1, 0.15) is 5.75 Å². The van der Waals surface area contributed by atoms with Crippen LogP contribution in [0.5, 0.6) is 5.75 Å². The standard InChI is InChI=1S/C10H16.C7H8O/c1-4-7-9-10(6-3)8-5-2;1-6-4-2-3-5-7(6)8/h4,6-7,9H,3,5,8H2,1-2H3;2-5,8H,1H3/b7-4-,10-9+;. The van der Waals surface area contributed by atoms with Crippen LogP contribution in [0.25, 0.3) is 0 Å². The third-order valence-corrected chi connectivity index (χ3v) is 2.42. The monoisotopic (exact) mass is 244 g/mol. The summed E-state index contributed by atoms with van der Waals surface area (Å²) in [5.74, 6) is 0.368. The van der Waals surface area contributed by atoms with Crippen molar-refractivity contribution in [2.45, 2.75) is 33.6 Å². The second-order valence-corrected chi connectivity index (χ2v) is 4.01. The molecule has 0 fully saturated rings. The lowest BCUT2D eigenvalue weighted by Gasteiger charge is -1.94. The average Bonchev–Trinajstić information content (AvgIpc) is 2.39. The second-order valence-electron chi connectivity index (χ2n) is 4.01. The molecule has 1 rings (SSSR count). The lowest BCUT2D eigenvalue weighted by Crippen LogP contribution is -1.74. The van der Waals surface area contributed by atoms with Crippen LogP contribution in [0.3, 0.4) is 0 Å². The van der Waals surface area contributed by atoms with Crippen LogP contribution < -0.4 is 0 Å². The minimum atomic E-state index is 0.368. The molecule has 0 saturated carbocycles. The van der Waals surface area contributed by atoms with E-state index < -0.39 is 0 Å². The molecule has 1 nitrogen and oxygen atoms in total. The third-order valence-electron chi connectivity index (χ3n) is 2.42. The van der Waals surface area contributed by atoms with E-state index in [2.05, 4.69) is 19.6 Å². The molecule has 1 heteroatoms. The first-order valence-electron chi connectivity index (χ1n) is 6.34. The Balaban J connectivity index is 0.000000327. The van der Waals surface area contributed by atoms with Gasteiger partial charge in [0.05, 0.1) is 0 Å². The van der Waals surface area contributed by atoms with Gasteiger partial charge >= 0.3 is 0 Å². The van der Waals surface area contributed by atoms with Crippen LogP contribution >= 0.6 is 0 Å². The normalized spacial score (nSPS) is 10.9. The van der Waals surface area contributed by atoms with E-state index in [1.165, 1.54) is 12.0 Å². The van der Waals surface area contributed by atoms with Gasteiger partial charge in [0.15, 0.2) is 0 Å². The number of para-hydroxylation sites is 1. The maximum absolute atomic E-state index is 8.92. The molecule has 0 aromatic heterocycles. The maximum atomic E-state index is 8.92. The Morgan fingerprint density at radius 1 is 1.33 bits per heavy atom. The Morgan fingerprint density at radius 3 is 2.39 bits per heavy atom. The highest BCUT2D eigenvalue weighted by atomic mass is 16.3. The molecule has 98 valence electrons. The Bertz CT molecular complexity index is 379. The predicted molar refractivity (Wildman–Crippen MR) is 80.8 cm³/mol. The van der Waals surface area contributed by atoms with Crippen molar-refractivity contribution in [1.29, 1.82) is 0 Å². The molecule has 0 aliphatic rings. The van der Waals surface area contributed by atoms with Crippen molar-refractivity contribution in [1.82, 2.24) is 0 Å². The summed E-state index contributed by atoms with van der Waals surface area (Å²) in [6.07, 6.45) is 10.4. The molecule has 0 heterocycles. The van der Waals surface area contributed by atoms with Crippen molar-refractivity contribution >= 4 is 0 Å². The molecular weight excluding hydrogens is 220 g/mol. The van der Waals surface area contributed by atoms with Gasteiger partial charge in [-0.25, -0.2) is 0 Å². The summed E-state index contributed by atoms with van der Waals surface area (Å²) in [6.45, 7) is 9.79. The number of phenolic OH excluding ortho intramolecular Hbond substituents is 1. The molecule has 18 heavy (non-hydrogen) atoms. The van der Waals surface area contributed by atoms with Crippen LogP contribution in [-0.2, 0) is 0 Å². The molecule has 0 spiro atoms. The van der Waals surface area contributed by atoms with E-state index in [0.29, 0.717) is 5.75 Å². The Morgan fingerprint density at radius 2 is 2.00 bits per heavy atom. The maximum Gasteiger partial charge on any atom is 0.118 e. The van der Waals surface area contributed by atoms with Crippen LogP contribution in [0.2, 0.25) is 0 Å². The van der Waals surface area contributed by atoms with Gasteiger partial charge in [0.25, 0.3) is 0 Å². The van der Waals surface area contributed by atoms with E-state index >= 15 is 0 Å². The average molecular weight is 244 g/mol. The van der Waals surface area contributed by atoms with E-state index in [4.69, 9.17) is 5.11 Å². The number of rotatable bonds is 4. The van der Waals surface area contributed by atoms with Crippen molar-refractivity contribution in [2.24, 2.45) is 0 Å². The summed E-state index contributed by atoms with van der Waals surface area (Å²) in [4.78, 5) is 0. The fourth-order valence-electron chi connectivity index (χ4n) is 1.33. The van der Waals surface area contributed by atoms with Crippen LogP contribution in [0.15, 0.2) is 60.7 Å². The molecule has 0 unspecified atom stereocenters. The summed E-state index contributed by atoms with van der Waals surface area (Å²) in [5, 5.41) is 8.92. The molecule has 1 aromatic carbocycles. The van der Waals surface area contributed by atoms with Gasteiger partial charge in [-0.05, 0) is 37.5 Å². The second kappa shape index (κ2) is 10.4. The van der Waals surface area contributed by atoms with Crippen molar-refractivity contribution < 1.29 is 5.11 Å². The van der Waals surface area contributed by atoms with Crippen LogP contribution in [0.1, 0.15) is 32.3 Å².